The minimum Gasteiger partial charge on any atom is -0.351 e. The van der Waals surface area contributed by atoms with Gasteiger partial charge in [-0.2, -0.15) is 5.10 Å². The van der Waals surface area contributed by atoms with Crippen LogP contribution in [0.4, 0.5) is 0 Å². The molecule has 2 atom stereocenters. The molecule has 0 spiro atoms. The van der Waals surface area contributed by atoms with Crippen LogP contribution in [0, 0.1) is 12.8 Å². The SMILES string of the molecule is CCc1cc(-n2cc(Cl)cn2)cc(C)c1C1C(=O)CC(CCNC(=O)c2ccccn2)C1=O. The van der Waals surface area contributed by atoms with Crippen LogP contribution >= 0.6 is 11.6 Å². The molecule has 1 aromatic carbocycles. The van der Waals surface area contributed by atoms with E-state index in [0.717, 1.165) is 22.4 Å². The van der Waals surface area contributed by atoms with E-state index in [1.165, 1.54) is 0 Å². The zero-order chi connectivity index (χ0) is 23.5. The maximum Gasteiger partial charge on any atom is 0.269 e. The van der Waals surface area contributed by atoms with Gasteiger partial charge in [-0.05, 0) is 60.7 Å². The molecule has 33 heavy (non-hydrogen) atoms. The molecule has 1 aliphatic carbocycles. The first kappa shape index (κ1) is 22.9. The summed E-state index contributed by atoms with van der Waals surface area (Å²) in [5, 5.41) is 7.58. The summed E-state index contributed by atoms with van der Waals surface area (Å²) in [6, 6.07) is 9.01. The molecule has 1 aliphatic rings. The van der Waals surface area contributed by atoms with Crippen molar-refractivity contribution in [3.05, 3.63) is 76.3 Å². The van der Waals surface area contributed by atoms with Crippen molar-refractivity contribution in [3.8, 4) is 5.69 Å². The van der Waals surface area contributed by atoms with Gasteiger partial charge in [0.05, 0.1) is 16.9 Å². The summed E-state index contributed by atoms with van der Waals surface area (Å²) < 4.78 is 1.68. The number of rotatable bonds is 7. The van der Waals surface area contributed by atoms with E-state index in [1.54, 1.807) is 41.5 Å². The van der Waals surface area contributed by atoms with Crippen LogP contribution in [0.25, 0.3) is 5.69 Å². The number of ketones is 2. The highest BCUT2D eigenvalue weighted by atomic mass is 35.5. The third-order valence-electron chi connectivity index (χ3n) is 6.07. The summed E-state index contributed by atoms with van der Waals surface area (Å²) in [4.78, 5) is 42.4. The molecule has 8 heteroatoms. The van der Waals surface area contributed by atoms with Gasteiger partial charge in [0.25, 0.3) is 5.91 Å². The zero-order valence-electron chi connectivity index (χ0n) is 18.5. The molecule has 1 fully saturated rings. The van der Waals surface area contributed by atoms with Crippen LogP contribution < -0.4 is 5.32 Å². The standard InChI is InChI=1S/C25H25ClN4O3/c1-3-16-11-19(30-14-18(26)13-29-30)10-15(2)22(16)23-21(31)12-17(24(23)32)7-9-28-25(33)20-6-4-5-8-27-20/h4-6,8,10-11,13-14,17,23H,3,7,9,12H2,1-2H3,(H,28,33). The lowest BCUT2D eigenvalue weighted by molar-refractivity contribution is -0.124. The highest BCUT2D eigenvalue weighted by Gasteiger charge is 2.43. The molecule has 0 saturated heterocycles. The van der Waals surface area contributed by atoms with E-state index in [4.69, 9.17) is 11.6 Å². The number of aryl methyl sites for hydroxylation is 2. The Labute approximate surface area is 197 Å². The summed E-state index contributed by atoms with van der Waals surface area (Å²) in [6.07, 6.45) is 6.14. The number of aromatic nitrogens is 3. The molecule has 2 aromatic heterocycles. The first-order chi connectivity index (χ1) is 15.9. The molecule has 1 N–H and O–H groups in total. The first-order valence-corrected chi connectivity index (χ1v) is 11.4. The highest BCUT2D eigenvalue weighted by molar-refractivity contribution is 6.30. The Morgan fingerprint density at radius 3 is 2.76 bits per heavy atom. The Kier molecular flexibility index (Phi) is 6.70. The van der Waals surface area contributed by atoms with Crippen molar-refractivity contribution in [2.75, 3.05) is 6.54 Å². The predicted molar refractivity (Wildman–Crippen MR) is 125 cm³/mol. The molecule has 7 nitrogen and oxygen atoms in total. The molecule has 0 bridgehead atoms. The van der Waals surface area contributed by atoms with Gasteiger partial charge in [-0.25, -0.2) is 4.68 Å². The average Bonchev–Trinajstić information content (AvgIpc) is 3.36. The number of halogens is 1. The molecule has 4 rings (SSSR count). The van der Waals surface area contributed by atoms with Crippen molar-refractivity contribution in [2.24, 2.45) is 5.92 Å². The van der Waals surface area contributed by atoms with E-state index in [9.17, 15) is 14.4 Å². The smallest absolute Gasteiger partial charge is 0.269 e. The number of benzene rings is 1. The second-order valence-corrected chi connectivity index (χ2v) is 8.69. The van der Waals surface area contributed by atoms with E-state index in [2.05, 4.69) is 15.4 Å². The van der Waals surface area contributed by atoms with Crippen LogP contribution in [-0.4, -0.2) is 38.8 Å². The lowest BCUT2D eigenvalue weighted by Crippen LogP contribution is -2.28. The number of carbonyl (C=O) groups excluding carboxylic acids is 3. The van der Waals surface area contributed by atoms with Crippen molar-refractivity contribution >= 4 is 29.1 Å². The third kappa shape index (κ3) is 4.73. The first-order valence-electron chi connectivity index (χ1n) is 11.0. The van der Waals surface area contributed by atoms with Crippen LogP contribution in [-0.2, 0) is 16.0 Å². The van der Waals surface area contributed by atoms with Gasteiger partial charge < -0.3 is 5.32 Å². The Morgan fingerprint density at radius 1 is 1.27 bits per heavy atom. The number of carbonyl (C=O) groups is 3. The van der Waals surface area contributed by atoms with Gasteiger partial charge in [0.15, 0.2) is 5.78 Å². The van der Waals surface area contributed by atoms with Crippen LogP contribution in [0.3, 0.4) is 0 Å². The Morgan fingerprint density at radius 2 is 2.09 bits per heavy atom. The fourth-order valence-electron chi connectivity index (χ4n) is 4.48. The van der Waals surface area contributed by atoms with Crippen molar-refractivity contribution in [1.82, 2.24) is 20.1 Å². The van der Waals surface area contributed by atoms with Gasteiger partial charge in [-0.15, -0.1) is 0 Å². The third-order valence-corrected chi connectivity index (χ3v) is 6.27. The van der Waals surface area contributed by atoms with E-state index >= 15 is 0 Å². The fourth-order valence-corrected chi connectivity index (χ4v) is 4.62. The molecule has 2 unspecified atom stereocenters. The average molecular weight is 465 g/mol. The molecule has 170 valence electrons. The second-order valence-electron chi connectivity index (χ2n) is 8.25. The van der Waals surface area contributed by atoms with E-state index < -0.39 is 11.8 Å². The molecule has 1 saturated carbocycles. The maximum atomic E-state index is 13.3. The number of hydrogen-bond acceptors (Lipinski definition) is 5. The highest BCUT2D eigenvalue weighted by Crippen LogP contribution is 2.38. The fraction of sp³-hybridized carbons (Fsp3) is 0.320. The lowest BCUT2D eigenvalue weighted by atomic mass is 9.85. The molecule has 1 amide bonds. The molecule has 3 aromatic rings. The second kappa shape index (κ2) is 9.67. The normalized spacial score (nSPS) is 18.0. The summed E-state index contributed by atoms with van der Waals surface area (Å²) in [5.74, 6) is -1.58. The summed E-state index contributed by atoms with van der Waals surface area (Å²) in [5.41, 5.74) is 3.80. The van der Waals surface area contributed by atoms with E-state index in [0.29, 0.717) is 30.1 Å². The van der Waals surface area contributed by atoms with E-state index in [1.807, 2.05) is 26.0 Å². The van der Waals surface area contributed by atoms with E-state index in [-0.39, 0.29) is 23.9 Å². The van der Waals surface area contributed by atoms with Gasteiger partial charge in [0, 0.05) is 31.3 Å². The Hall–Kier alpha value is -3.32. The monoisotopic (exact) mass is 464 g/mol. The Balaban J connectivity index is 1.49. The van der Waals surface area contributed by atoms with Crippen LogP contribution in [0.15, 0.2) is 48.9 Å². The number of nitrogens with one attached hydrogen (secondary N) is 1. The van der Waals surface area contributed by atoms with Gasteiger partial charge in [-0.1, -0.05) is 24.6 Å². The molecule has 0 radical (unpaired) electrons. The maximum absolute atomic E-state index is 13.3. The van der Waals surface area contributed by atoms with Gasteiger partial charge >= 0.3 is 0 Å². The topological polar surface area (TPSA) is 93.9 Å². The molecular formula is C25H25ClN4O3. The summed E-state index contributed by atoms with van der Waals surface area (Å²) in [7, 11) is 0. The molecule has 2 heterocycles. The summed E-state index contributed by atoms with van der Waals surface area (Å²) in [6.45, 7) is 4.24. The van der Waals surface area contributed by atoms with Gasteiger partial charge in [-0.3, -0.25) is 19.4 Å². The van der Waals surface area contributed by atoms with Crippen LogP contribution in [0.5, 0.6) is 0 Å². The predicted octanol–water partition coefficient (Wildman–Crippen LogP) is 3.85. The Bertz CT molecular complexity index is 1210. The molecular weight excluding hydrogens is 440 g/mol. The van der Waals surface area contributed by atoms with Gasteiger partial charge in [0.1, 0.15) is 17.4 Å². The number of pyridine rings is 1. The summed E-state index contributed by atoms with van der Waals surface area (Å²) >= 11 is 6.01. The van der Waals surface area contributed by atoms with Crippen molar-refractivity contribution in [3.63, 3.8) is 0 Å². The minimum atomic E-state index is -0.758. The number of Topliss-reactive ketones (excluding diaryl/α,β-unsaturated/α-hetero) is 2. The molecule has 0 aliphatic heterocycles. The quantitative estimate of drug-likeness (QED) is 0.536. The number of hydrogen-bond donors (Lipinski definition) is 1. The largest absolute Gasteiger partial charge is 0.351 e. The zero-order valence-corrected chi connectivity index (χ0v) is 19.3. The van der Waals surface area contributed by atoms with Crippen molar-refractivity contribution in [2.45, 2.75) is 39.0 Å². The van der Waals surface area contributed by atoms with Crippen molar-refractivity contribution < 1.29 is 14.4 Å². The van der Waals surface area contributed by atoms with Crippen molar-refractivity contribution in [1.29, 1.82) is 0 Å². The van der Waals surface area contributed by atoms with Crippen LogP contribution in [0.2, 0.25) is 5.02 Å². The minimum absolute atomic E-state index is 0.0614. The lowest BCUT2D eigenvalue weighted by Gasteiger charge is -2.18. The van der Waals surface area contributed by atoms with Crippen LogP contribution in [0.1, 0.15) is 52.9 Å². The number of amides is 1. The number of nitrogens with zero attached hydrogens (tertiary/aromatic N) is 3. The van der Waals surface area contributed by atoms with Gasteiger partial charge in [0.2, 0.25) is 0 Å².